The molecule has 1 N–H and O–H groups in total. The highest BCUT2D eigenvalue weighted by atomic mass is 16.5. The van der Waals surface area contributed by atoms with Crippen LogP contribution in [0, 0.1) is 0 Å². The highest BCUT2D eigenvalue weighted by molar-refractivity contribution is 5.36. The number of hydrogen-bond acceptors (Lipinski definition) is 2. The fourth-order valence-electron chi connectivity index (χ4n) is 2.75. The molecule has 0 aliphatic rings. The molecule has 25 heavy (non-hydrogen) atoms. The Morgan fingerprint density at radius 1 is 0.960 bits per heavy atom. The molecule has 0 radical (unpaired) electrons. The lowest BCUT2D eigenvalue weighted by Gasteiger charge is -2.21. The van der Waals surface area contributed by atoms with Crippen LogP contribution in [0.25, 0.3) is 0 Å². The minimum Gasteiger partial charge on any atom is -0.490 e. The van der Waals surface area contributed by atoms with Gasteiger partial charge >= 0.3 is 0 Å². The Hall–Kier alpha value is -1.80. The molecule has 2 aromatic rings. The molecule has 0 aliphatic heterocycles. The first kappa shape index (κ1) is 19.5. The second kappa shape index (κ2) is 8.53. The Morgan fingerprint density at radius 3 is 2.20 bits per heavy atom. The molecule has 0 spiro atoms. The number of hydrogen-bond donors (Lipinski definition) is 1. The maximum Gasteiger partial charge on any atom is 0.124 e. The van der Waals surface area contributed by atoms with Gasteiger partial charge in [0.1, 0.15) is 5.75 Å². The van der Waals surface area contributed by atoms with Gasteiger partial charge < -0.3 is 10.1 Å². The van der Waals surface area contributed by atoms with Crippen molar-refractivity contribution in [3.8, 4) is 5.75 Å². The standard InChI is InChI=1S/C23H33NO/c1-7-17(2)25-22-11-9-8-10-21(22)18(3)24-16-19-12-14-20(15-13-19)23(4,5)6/h8-15,17-18,24H,7,16H2,1-6H3. The van der Waals surface area contributed by atoms with Crippen molar-refractivity contribution in [2.75, 3.05) is 0 Å². The van der Waals surface area contributed by atoms with Crippen LogP contribution in [-0.2, 0) is 12.0 Å². The summed E-state index contributed by atoms with van der Waals surface area (Å²) in [5.74, 6) is 0.986. The van der Waals surface area contributed by atoms with Crippen LogP contribution in [0.2, 0.25) is 0 Å². The zero-order valence-corrected chi connectivity index (χ0v) is 16.6. The summed E-state index contributed by atoms with van der Waals surface area (Å²) in [5.41, 5.74) is 4.09. The first-order chi connectivity index (χ1) is 11.8. The van der Waals surface area contributed by atoms with Crippen LogP contribution in [0.3, 0.4) is 0 Å². The third-order valence-corrected chi connectivity index (χ3v) is 4.72. The van der Waals surface area contributed by atoms with E-state index in [-0.39, 0.29) is 17.6 Å². The third-order valence-electron chi connectivity index (χ3n) is 4.72. The van der Waals surface area contributed by atoms with Crippen LogP contribution in [0.1, 0.15) is 70.7 Å². The van der Waals surface area contributed by atoms with Crippen LogP contribution in [0.4, 0.5) is 0 Å². The maximum atomic E-state index is 6.08. The number of nitrogens with one attached hydrogen (secondary N) is 1. The molecule has 0 aliphatic carbocycles. The van der Waals surface area contributed by atoms with Gasteiger partial charge in [0.25, 0.3) is 0 Å². The van der Waals surface area contributed by atoms with Crippen LogP contribution in [0.15, 0.2) is 48.5 Å². The fourth-order valence-corrected chi connectivity index (χ4v) is 2.75. The molecule has 0 bridgehead atoms. The molecule has 2 unspecified atom stereocenters. The molecule has 0 saturated carbocycles. The summed E-state index contributed by atoms with van der Waals surface area (Å²) in [6.07, 6.45) is 1.24. The van der Waals surface area contributed by atoms with Crippen molar-refractivity contribution in [1.82, 2.24) is 5.32 Å². The molecule has 0 amide bonds. The van der Waals surface area contributed by atoms with E-state index in [0.717, 1.165) is 18.7 Å². The van der Waals surface area contributed by atoms with Gasteiger partial charge in [0, 0.05) is 18.2 Å². The van der Waals surface area contributed by atoms with Gasteiger partial charge in [0.05, 0.1) is 6.10 Å². The van der Waals surface area contributed by atoms with Crippen molar-refractivity contribution in [2.24, 2.45) is 0 Å². The molecule has 2 aromatic carbocycles. The van der Waals surface area contributed by atoms with Gasteiger partial charge in [-0.15, -0.1) is 0 Å². The van der Waals surface area contributed by atoms with Crippen LogP contribution in [-0.4, -0.2) is 6.10 Å². The van der Waals surface area contributed by atoms with Crippen molar-refractivity contribution in [2.45, 2.75) is 72.1 Å². The summed E-state index contributed by atoms with van der Waals surface area (Å²) >= 11 is 0. The highest BCUT2D eigenvalue weighted by Crippen LogP contribution is 2.27. The van der Waals surface area contributed by atoms with Crippen molar-refractivity contribution in [3.05, 3.63) is 65.2 Å². The molecule has 136 valence electrons. The molecule has 2 atom stereocenters. The molecule has 0 fully saturated rings. The Morgan fingerprint density at radius 2 is 1.60 bits per heavy atom. The number of para-hydroxylation sites is 1. The number of benzene rings is 2. The second-order valence-corrected chi connectivity index (χ2v) is 7.92. The minimum atomic E-state index is 0.200. The summed E-state index contributed by atoms with van der Waals surface area (Å²) < 4.78 is 6.08. The van der Waals surface area contributed by atoms with Crippen LogP contribution in [0.5, 0.6) is 5.75 Å². The molecule has 0 heterocycles. The quantitative estimate of drug-likeness (QED) is 0.666. The lowest BCUT2D eigenvalue weighted by Crippen LogP contribution is -2.20. The SMILES string of the molecule is CCC(C)Oc1ccccc1C(C)NCc1ccc(C(C)(C)C)cc1. The third kappa shape index (κ3) is 5.61. The van der Waals surface area contributed by atoms with Crippen molar-refractivity contribution < 1.29 is 4.74 Å². The van der Waals surface area contributed by atoms with Crippen LogP contribution < -0.4 is 10.1 Å². The first-order valence-corrected chi connectivity index (χ1v) is 9.39. The summed E-state index contributed by atoms with van der Waals surface area (Å²) in [4.78, 5) is 0. The predicted molar refractivity (Wildman–Crippen MR) is 107 cm³/mol. The van der Waals surface area contributed by atoms with E-state index >= 15 is 0 Å². The van der Waals surface area contributed by atoms with E-state index < -0.39 is 0 Å². The Balaban J connectivity index is 2.02. The molecule has 2 rings (SSSR count). The Kier molecular flexibility index (Phi) is 6.66. The highest BCUT2D eigenvalue weighted by Gasteiger charge is 2.14. The maximum absolute atomic E-state index is 6.08. The molecule has 0 aromatic heterocycles. The van der Waals surface area contributed by atoms with Crippen LogP contribution >= 0.6 is 0 Å². The Bertz CT molecular complexity index is 655. The van der Waals surface area contributed by atoms with E-state index in [1.165, 1.54) is 16.7 Å². The number of rotatable bonds is 7. The average Bonchev–Trinajstić information content (AvgIpc) is 2.59. The smallest absolute Gasteiger partial charge is 0.124 e. The zero-order valence-electron chi connectivity index (χ0n) is 16.6. The lowest BCUT2D eigenvalue weighted by molar-refractivity contribution is 0.213. The topological polar surface area (TPSA) is 21.3 Å². The van der Waals surface area contributed by atoms with E-state index in [4.69, 9.17) is 4.74 Å². The van der Waals surface area contributed by atoms with E-state index in [1.807, 2.05) is 6.07 Å². The molecular formula is C23H33NO. The van der Waals surface area contributed by atoms with Gasteiger partial charge in [-0.25, -0.2) is 0 Å². The first-order valence-electron chi connectivity index (χ1n) is 9.39. The van der Waals surface area contributed by atoms with E-state index in [0.29, 0.717) is 0 Å². The molecule has 2 nitrogen and oxygen atoms in total. The fraction of sp³-hybridized carbons (Fsp3) is 0.478. The van der Waals surface area contributed by atoms with Gasteiger partial charge in [-0.05, 0) is 42.9 Å². The van der Waals surface area contributed by atoms with Crippen molar-refractivity contribution in [3.63, 3.8) is 0 Å². The minimum absolute atomic E-state index is 0.200. The van der Waals surface area contributed by atoms with Crippen molar-refractivity contribution >= 4 is 0 Å². The van der Waals surface area contributed by atoms with E-state index in [2.05, 4.69) is 89.3 Å². The average molecular weight is 340 g/mol. The molecule has 2 heteroatoms. The van der Waals surface area contributed by atoms with Gasteiger partial charge in [-0.3, -0.25) is 0 Å². The normalized spacial score (nSPS) is 14.2. The Labute approximate surface area is 153 Å². The summed E-state index contributed by atoms with van der Waals surface area (Å²) in [5, 5.41) is 3.63. The van der Waals surface area contributed by atoms with Gasteiger partial charge in [0.15, 0.2) is 0 Å². The zero-order chi connectivity index (χ0) is 18.4. The van der Waals surface area contributed by atoms with E-state index in [9.17, 15) is 0 Å². The van der Waals surface area contributed by atoms with E-state index in [1.54, 1.807) is 0 Å². The predicted octanol–water partition coefficient (Wildman–Crippen LogP) is 6.01. The summed E-state index contributed by atoms with van der Waals surface area (Å²) in [6.45, 7) is 14.1. The van der Waals surface area contributed by atoms with Crippen molar-refractivity contribution in [1.29, 1.82) is 0 Å². The summed E-state index contributed by atoms with van der Waals surface area (Å²) in [7, 11) is 0. The summed E-state index contributed by atoms with van der Waals surface area (Å²) in [6, 6.07) is 17.5. The monoisotopic (exact) mass is 339 g/mol. The van der Waals surface area contributed by atoms with Gasteiger partial charge in [-0.1, -0.05) is 70.2 Å². The molecule has 0 saturated heterocycles. The molecular weight excluding hydrogens is 306 g/mol. The van der Waals surface area contributed by atoms with Gasteiger partial charge in [0.2, 0.25) is 0 Å². The van der Waals surface area contributed by atoms with Gasteiger partial charge in [-0.2, -0.15) is 0 Å². The lowest BCUT2D eigenvalue weighted by atomic mass is 9.87. The largest absolute Gasteiger partial charge is 0.490 e. The number of ether oxygens (including phenoxy) is 1. The second-order valence-electron chi connectivity index (χ2n) is 7.92.